The van der Waals surface area contributed by atoms with Crippen molar-refractivity contribution in [3.8, 4) is 10.6 Å². The lowest BCUT2D eigenvalue weighted by molar-refractivity contribution is 0.0914. The Bertz CT molecular complexity index is 893. The molecule has 0 saturated carbocycles. The van der Waals surface area contributed by atoms with Crippen molar-refractivity contribution in [3.05, 3.63) is 42.1 Å². The molecule has 0 unspecified atom stereocenters. The topological polar surface area (TPSA) is 75.6 Å². The predicted octanol–water partition coefficient (Wildman–Crippen LogP) is 3.99. The highest BCUT2D eigenvalue weighted by atomic mass is 32.1. The van der Waals surface area contributed by atoms with Crippen LogP contribution in [0.25, 0.3) is 10.6 Å². The molecule has 0 fully saturated rings. The molecule has 2 N–H and O–H groups in total. The number of aryl methyl sites for hydroxylation is 1. The maximum atomic E-state index is 12.9. The molecular weight excluding hydrogens is 346 g/mol. The van der Waals surface area contributed by atoms with Gasteiger partial charge in [0, 0.05) is 38.1 Å². The second-order valence-corrected chi connectivity index (χ2v) is 8.62. The number of H-pyrrole nitrogens is 1. The summed E-state index contributed by atoms with van der Waals surface area (Å²) < 4.78 is 2.06. The van der Waals surface area contributed by atoms with Crippen LogP contribution in [-0.4, -0.2) is 32.1 Å². The second-order valence-electron chi connectivity index (χ2n) is 7.60. The highest BCUT2D eigenvalue weighted by Gasteiger charge is 2.36. The number of ketones is 1. The number of aromatic nitrogens is 4. The molecule has 0 bridgehead atoms. The SMILES string of the molecule is CC1(C)CC(=O)c2c(NCCCn3ccnc3)sc(-c3cc[nH]n3)c2C1. The first kappa shape index (κ1) is 17.0. The van der Waals surface area contributed by atoms with Crippen molar-refractivity contribution in [3.63, 3.8) is 0 Å². The van der Waals surface area contributed by atoms with Gasteiger partial charge in [-0.3, -0.25) is 9.89 Å². The van der Waals surface area contributed by atoms with Gasteiger partial charge >= 0.3 is 0 Å². The summed E-state index contributed by atoms with van der Waals surface area (Å²) >= 11 is 1.65. The van der Waals surface area contributed by atoms with E-state index < -0.39 is 0 Å². The Labute approximate surface area is 156 Å². The van der Waals surface area contributed by atoms with Crippen LogP contribution in [0.2, 0.25) is 0 Å². The third kappa shape index (κ3) is 3.31. The number of anilines is 1. The molecule has 26 heavy (non-hydrogen) atoms. The van der Waals surface area contributed by atoms with Gasteiger partial charge in [-0.1, -0.05) is 13.8 Å². The minimum atomic E-state index is -0.00505. The molecule has 0 spiro atoms. The third-order valence-corrected chi connectivity index (χ3v) is 5.96. The van der Waals surface area contributed by atoms with Gasteiger partial charge < -0.3 is 9.88 Å². The summed E-state index contributed by atoms with van der Waals surface area (Å²) in [6, 6.07) is 1.97. The van der Waals surface area contributed by atoms with Crippen molar-refractivity contribution in [2.75, 3.05) is 11.9 Å². The second kappa shape index (κ2) is 6.72. The molecule has 3 aromatic rings. The van der Waals surface area contributed by atoms with Crippen molar-refractivity contribution in [2.24, 2.45) is 5.41 Å². The highest BCUT2D eigenvalue weighted by molar-refractivity contribution is 7.20. The van der Waals surface area contributed by atoms with Gasteiger partial charge in [-0.05, 0) is 29.9 Å². The molecule has 4 rings (SSSR count). The number of fused-ring (bicyclic) bond motifs is 1. The quantitative estimate of drug-likeness (QED) is 0.644. The van der Waals surface area contributed by atoms with Gasteiger partial charge in [0.2, 0.25) is 0 Å². The zero-order chi connectivity index (χ0) is 18.1. The minimum absolute atomic E-state index is 0.00505. The Morgan fingerprint density at radius 3 is 3.00 bits per heavy atom. The first-order valence-electron chi connectivity index (χ1n) is 8.92. The van der Waals surface area contributed by atoms with E-state index in [1.807, 2.05) is 24.8 Å². The van der Waals surface area contributed by atoms with E-state index in [9.17, 15) is 4.79 Å². The van der Waals surface area contributed by atoms with Crippen LogP contribution in [0.3, 0.4) is 0 Å². The Balaban J connectivity index is 1.58. The standard InChI is InChI=1S/C19H23N5OS/c1-19(2)10-13-16(15(25)11-19)18(26-17(13)14-4-6-22-23-14)21-5-3-8-24-9-7-20-12-24/h4,6-7,9,12,21H,3,5,8,10-11H2,1-2H3,(H,22,23). The lowest BCUT2D eigenvalue weighted by Crippen LogP contribution is -2.27. The summed E-state index contributed by atoms with van der Waals surface area (Å²) in [6.45, 7) is 6.06. The van der Waals surface area contributed by atoms with Crippen molar-refractivity contribution in [1.82, 2.24) is 19.7 Å². The fourth-order valence-electron chi connectivity index (χ4n) is 3.59. The summed E-state index contributed by atoms with van der Waals surface area (Å²) in [5, 5.41) is 11.7. The van der Waals surface area contributed by atoms with Gasteiger partial charge in [0.05, 0.1) is 16.8 Å². The molecular formula is C19H23N5OS. The van der Waals surface area contributed by atoms with Crippen LogP contribution >= 0.6 is 11.3 Å². The van der Waals surface area contributed by atoms with E-state index in [0.717, 1.165) is 52.6 Å². The monoisotopic (exact) mass is 369 g/mol. The summed E-state index contributed by atoms with van der Waals surface area (Å²) in [4.78, 5) is 18.0. The van der Waals surface area contributed by atoms with E-state index in [1.54, 1.807) is 17.5 Å². The number of carbonyl (C=O) groups excluding carboxylic acids is 1. The largest absolute Gasteiger partial charge is 0.376 e. The number of hydrogen-bond acceptors (Lipinski definition) is 5. The molecule has 0 aromatic carbocycles. The zero-order valence-electron chi connectivity index (χ0n) is 15.1. The number of Topliss-reactive ketones (excluding diaryl/α,β-unsaturated/α-hetero) is 1. The summed E-state index contributed by atoms with van der Waals surface area (Å²) in [5.41, 5.74) is 2.95. The van der Waals surface area contributed by atoms with E-state index in [0.29, 0.717) is 6.42 Å². The van der Waals surface area contributed by atoms with Crippen molar-refractivity contribution >= 4 is 22.1 Å². The van der Waals surface area contributed by atoms with Gasteiger partial charge in [0.15, 0.2) is 5.78 Å². The minimum Gasteiger partial charge on any atom is -0.376 e. The highest BCUT2D eigenvalue weighted by Crippen LogP contribution is 2.47. The van der Waals surface area contributed by atoms with E-state index in [1.165, 1.54) is 0 Å². The molecule has 3 heterocycles. The first-order chi connectivity index (χ1) is 12.5. The predicted molar refractivity (Wildman–Crippen MR) is 104 cm³/mol. The molecule has 1 aliphatic carbocycles. The third-order valence-electron chi connectivity index (χ3n) is 4.75. The molecule has 3 aromatic heterocycles. The molecule has 136 valence electrons. The number of thiophene rings is 1. The molecule has 0 saturated heterocycles. The molecule has 6 nitrogen and oxygen atoms in total. The van der Waals surface area contributed by atoms with Crippen LogP contribution in [0.15, 0.2) is 31.0 Å². The van der Waals surface area contributed by atoms with E-state index in [2.05, 4.69) is 38.9 Å². The smallest absolute Gasteiger partial charge is 0.166 e. The maximum Gasteiger partial charge on any atom is 0.166 e. The van der Waals surface area contributed by atoms with Crippen molar-refractivity contribution in [1.29, 1.82) is 0 Å². The van der Waals surface area contributed by atoms with Crippen LogP contribution in [0.5, 0.6) is 0 Å². The van der Waals surface area contributed by atoms with Gasteiger partial charge in [-0.2, -0.15) is 5.10 Å². The molecule has 0 aliphatic heterocycles. The van der Waals surface area contributed by atoms with Gasteiger partial charge in [0.1, 0.15) is 10.7 Å². The fourth-order valence-corrected chi connectivity index (χ4v) is 4.83. The number of carbonyl (C=O) groups is 1. The maximum absolute atomic E-state index is 12.9. The van der Waals surface area contributed by atoms with Gasteiger partial charge in [0.25, 0.3) is 0 Å². The number of aromatic amines is 1. The number of rotatable bonds is 6. The summed E-state index contributed by atoms with van der Waals surface area (Å²) in [7, 11) is 0. The van der Waals surface area contributed by atoms with Crippen molar-refractivity contribution < 1.29 is 4.79 Å². The Kier molecular flexibility index (Phi) is 4.40. The zero-order valence-corrected chi connectivity index (χ0v) is 15.9. The average Bonchev–Trinajstić information content (AvgIpc) is 3.31. The molecule has 1 aliphatic rings. The van der Waals surface area contributed by atoms with Gasteiger partial charge in [-0.25, -0.2) is 4.98 Å². The fraction of sp³-hybridized carbons (Fsp3) is 0.421. The lowest BCUT2D eigenvalue weighted by Gasteiger charge is -2.29. The number of nitrogens with one attached hydrogen (secondary N) is 2. The lowest BCUT2D eigenvalue weighted by atomic mass is 9.74. The van der Waals surface area contributed by atoms with Gasteiger partial charge in [-0.15, -0.1) is 11.3 Å². The molecule has 7 heteroatoms. The van der Waals surface area contributed by atoms with E-state index in [-0.39, 0.29) is 11.2 Å². The first-order valence-corrected chi connectivity index (χ1v) is 9.74. The van der Waals surface area contributed by atoms with Crippen LogP contribution < -0.4 is 5.32 Å². The van der Waals surface area contributed by atoms with Crippen molar-refractivity contribution in [2.45, 2.75) is 39.7 Å². The van der Waals surface area contributed by atoms with Crippen LogP contribution in [0.4, 0.5) is 5.00 Å². The normalized spacial score (nSPS) is 15.8. The van der Waals surface area contributed by atoms with Crippen LogP contribution in [-0.2, 0) is 13.0 Å². The number of nitrogens with zero attached hydrogens (tertiary/aromatic N) is 3. The molecule has 0 radical (unpaired) electrons. The Morgan fingerprint density at radius 1 is 1.38 bits per heavy atom. The van der Waals surface area contributed by atoms with E-state index in [4.69, 9.17) is 0 Å². The number of imidazole rings is 1. The Morgan fingerprint density at radius 2 is 2.27 bits per heavy atom. The molecule has 0 atom stereocenters. The summed E-state index contributed by atoms with van der Waals surface area (Å²) in [5.74, 6) is 0.242. The Hall–Kier alpha value is -2.41. The van der Waals surface area contributed by atoms with Crippen LogP contribution in [0, 0.1) is 5.41 Å². The average molecular weight is 369 g/mol. The molecule has 0 amide bonds. The number of hydrogen-bond donors (Lipinski definition) is 2. The van der Waals surface area contributed by atoms with E-state index >= 15 is 0 Å². The van der Waals surface area contributed by atoms with Crippen LogP contribution in [0.1, 0.15) is 42.6 Å². The summed E-state index contributed by atoms with van der Waals surface area (Å²) in [6.07, 6.45) is 9.89.